The molecule has 0 spiro atoms. The van der Waals surface area contributed by atoms with Crippen LogP contribution >= 0.6 is 0 Å². The van der Waals surface area contributed by atoms with Crippen LogP contribution in [0, 0.1) is 0 Å². The normalized spacial score (nSPS) is 12.5. The molecular formula is C51H88O6. The SMILES string of the molecule is CC/C=C\C/C=C\C/C=C\CCCCCCC(=O)OC(COC(=O)CCCCC/C=C\C=C/CCCCCCCCC)COC(=O)CCCCCCCCCCC. The van der Waals surface area contributed by atoms with E-state index in [2.05, 4.69) is 81.5 Å². The molecule has 0 aliphatic heterocycles. The summed E-state index contributed by atoms with van der Waals surface area (Å²) < 4.78 is 16.7. The van der Waals surface area contributed by atoms with Crippen LogP contribution in [0.15, 0.2) is 60.8 Å². The second-order valence-corrected chi connectivity index (χ2v) is 15.7. The minimum atomic E-state index is -0.792. The summed E-state index contributed by atoms with van der Waals surface area (Å²) in [6.07, 6.45) is 54.9. The van der Waals surface area contributed by atoms with Gasteiger partial charge in [-0.2, -0.15) is 0 Å². The van der Waals surface area contributed by atoms with Gasteiger partial charge in [0.05, 0.1) is 0 Å². The van der Waals surface area contributed by atoms with Crippen LogP contribution in [0.5, 0.6) is 0 Å². The highest BCUT2D eigenvalue weighted by molar-refractivity contribution is 5.71. The van der Waals surface area contributed by atoms with Crippen LogP contribution in [0.25, 0.3) is 0 Å². The van der Waals surface area contributed by atoms with E-state index in [-0.39, 0.29) is 31.1 Å². The first-order chi connectivity index (χ1) is 28.0. The zero-order chi connectivity index (χ0) is 41.5. The lowest BCUT2D eigenvalue weighted by molar-refractivity contribution is -0.167. The number of ether oxygens (including phenoxy) is 3. The Bertz CT molecular complexity index is 1050. The quantitative estimate of drug-likeness (QED) is 0.0201. The van der Waals surface area contributed by atoms with Gasteiger partial charge in [0.25, 0.3) is 0 Å². The van der Waals surface area contributed by atoms with E-state index in [0.717, 1.165) is 103 Å². The summed E-state index contributed by atoms with van der Waals surface area (Å²) in [6.45, 7) is 6.45. The third kappa shape index (κ3) is 44.1. The van der Waals surface area contributed by atoms with Crippen molar-refractivity contribution in [3.63, 3.8) is 0 Å². The molecule has 6 heteroatoms. The minimum Gasteiger partial charge on any atom is -0.462 e. The predicted molar refractivity (Wildman–Crippen MR) is 242 cm³/mol. The number of allylic oxidation sites excluding steroid dienone is 10. The second kappa shape index (κ2) is 45.8. The lowest BCUT2D eigenvalue weighted by Crippen LogP contribution is -2.30. The molecule has 1 unspecified atom stereocenters. The standard InChI is InChI=1S/C51H88O6/c1-4-7-10-13-16-19-21-23-25-26-28-29-32-35-38-41-44-50(53)56-47-48(46-55-49(52)43-40-37-34-31-18-15-12-9-6-3)57-51(54)45-42-39-36-33-30-27-24-22-20-17-14-11-8-5-2/h8,11,17,20,24-29,48H,4-7,9-10,12-16,18-19,21-23,30-47H2,1-3H3/b11-8-,20-17-,26-25-,27-24-,29-28-. The van der Waals surface area contributed by atoms with Gasteiger partial charge in [-0.25, -0.2) is 0 Å². The van der Waals surface area contributed by atoms with Gasteiger partial charge in [0.2, 0.25) is 0 Å². The molecule has 6 nitrogen and oxygen atoms in total. The Kier molecular flexibility index (Phi) is 43.5. The van der Waals surface area contributed by atoms with Crippen molar-refractivity contribution >= 4 is 17.9 Å². The number of carbonyl (C=O) groups is 3. The topological polar surface area (TPSA) is 78.9 Å². The fraction of sp³-hybridized carbons (Fsp3) is 0.745. The molecule has 0 N–H and O–H groups in total. The molecule has 0 amide bonds. The molecule has 1 atom stereocenters. The first kappa shape index (κ1) is 54.1. The van der Waals surface area contributed by atoms with Crippen LogP contribution in [0.2, 0.25) is 0 Å². The van der Waals surface area contributed by atoms with Crippen LogP contribution < -0.4 is 0 Å². The molecule has 0 aliphatic rings. The molecule has 0 radical (unpaired) electrons. The van der Waals surface area contributed by atoms with Gasteiger partial charge in [-0.1, -0.05) is 191 Å². The largest absolute Gasteiger partial charge is 0.462 e. The van der Waals surface area contributed by atoms with E-state index in [1.807, 2.05) is 0 Å². The molecule has 0 saturated heterocycles. The molecule has 0 saturated carbocycles. The minimum absolute atomic E-state index is 0.0912. The van der Waals surface area contributed by atoms with Crippen molar-refractivity contribution in [2.45, 2.75) is 232 Å². The van der Waals surface area contributed by atoms with Crippen molar-refractivity contribution in [2.24, 2.45) is 0 Å². The average molecular weight is 797 g/mol. The van der Waals surface area contributed by atoms with E-state index in [4.69, 9.17) is 14.2 Å². The summed E-state index contributed by atoms with van der Waals surface area (Å²) in [5.74, 6) is -0.945. The van der Waals surface area contributed by atoms with E-state index in [0.29, 0.717) is 19.3 Å². The monoisotopic (exact) mass is 797 g/mol. The molecule has 0 rings (SSSR count). The van der Waals surface area contributed by atoms with E-state index < -0.39 is 6.10 Å². The van der Waals surface area contributed by atoms with Gasteiger partial charge >= 0.3 is 17.9 Å². The third-order valence-corrected chi connectivity index (χ3v) is 10.0. The molecule has 328 valence electrons. The molecule has 57 heavy (non-hydrogen) atoms. The van der Waals surface area contributed by atoms with Crippen molar-refractivity contribution in [1.82, 2.24) is 0 Å². The van der Waals surface area contributed by atoms with Gasteiger partial charge in [-0.05, 0) is 77.0 Å². The molecule has 0 aromatic carbocycles. The molecule has 0 aliphatic carbocycles. The first-order valence-electron chi connectivity index (χ1n) is 23.8. The Hall–Kier alpha value is -2.89. The molecular weight excluding hydrogens is 709 g/mol. The Morgan fingerprint density at radius 3 is 1.19 bits per heavy atom. The van der Waals surface area contributed by atoms with Gasteiger partial charge in [-0.3, -0.25) is 14.4 Å². The first-order valence-corrected chi connectivity index (χ1v) is 23.8. The number of unbranched alkanes of at least 4 members (excludes halogenated alkanes) is 22. The van der Waals surface area contributed by atoms with Crippen molar-refractivity contribution in [1.29, 1.82) is 0 Å². The number of hydrogen-bond acceptors (Lipinski definition) is 6. The fourth-order valence-electron chi connectivity index (χ4n) is 6.45. The maximum Gasteiger partial charge on any atom is 0.306 e. The molecule has 0 fully saturated rings. The van der Waals surface area contributed by atoms with Crippen LogP contribution in [0.1, 0.15) is 226 Å². The number of rotatable bonds is 42. The molecule has 0 heterocycles. The number of hydrogen-bond donors (Lipinski definition) is 0. The average Bonchev–Trinajstić information content (AvgIpc) is 3.21. The van der Waals surface area contributed by atoms with Crippen LogP contribution in [0.3, 0.4) is 0 Å². The van der Waals surface area contributed by atoms with Crippen molar-refractivity contribution in [2.75, 3.05) is 13.2 Å². The Balaban J connectivity index is 4.43. The summed E-state index contributed by atoms with van der Waals surface area (Å²) >= 11 is 0. The van der Waals surface area contributed by atoms with Gasteiger partial charge in [0, 0.05) is 19.3 Å². The highest BCUT2D eigenvalue weighted by atomic mass is 16.6. The van der Waals surface area contributed by atoms with Crippen molar-refractivity contribution < 1.29 is 28.6 Å². The number of esters is 3. The van der Waals surface area contributed by atoms with Crippen LogP contribution in [-0.2, 0) is 28.6 Å². The lowest BCUT2D eigenvalue weighted by Gasteiger charge is -2.18. The van der Waals surface area contributed by atoms with Crippen LogP contribution in [-0.4, -0.2) is 37.2 Å². The fourth-order valence-corrected chi connectivity index (χ4v) is 6.45. The highest BCUT2D eigenvalue weighted by Crippen LogP contribution is 2.13. The van der Waals surface area contributed by atoms with E-state index in [9.17, 15) is 14.4 Å². The molecule has 0 aromatic rings. The molecule has 0 aromatic heterocycles. The lowest BCUT2D eigenvalue weighted by atomic mass is 10.1. The highest BCUT2D eigenvalue weighted by Gasteiger charge is 2.19. The van der Waals surface area contributed by atoms with E-state index >= 15 is 0 Å². The van der Waals surface area contributed by atoms with Crippen LogP contribution in [0.4, 0.5) is 0 Å². The van der Waals surface area contributed by atoms with Crippen molar-refractivity contribution in [3.05, 3.63) is 60.8 Å². The molecule has 0 bridgehead atoms. The Labute approximate surface area is 351 Å². The summed E-state index contributed by atoms with van der Waals surface area (Å²) in [5, 5.41) is 0. The Morgan fingerprint density at radius 2 is 0.737 bits per heavy atom. The van der Waals surface area contributed by atoms with Crippen molar-refractivity contribution in [3.8, 4) is 0 Å². The van der Waals surface area contributed by atoms with Gasteiger partial charge in [-0.15, -0.1) is 0 Å². The summed E-state index contributed by atoms with van der Waals surface area (Å²) in [4.78, 5) is 37.7. The maximum atomic E-state index is 12.7. The predicted octanol–water partition coefficient (Wildman–Crippen LogP) is 15.3. The van der Waals surface area contributed by atoms with Gasteiger partial charge < -0.3 is 14.2 Å². The van der Waals surface area contributed by atoms with E-state index in [1.54, 1.807) is 0 Å². The summed E-state index contributed by atoms with van der Waals surface area (Å²) in [5.41, 5.74) is 0. The zero-order valence-electron chi connectivity index (χ0n) is 37.3. The smallest absolute Gasteiger partial charge is 0.306 e. The Morgan fingerprint density at radius 1 is 0.386 bits per heavy atom. The number of carbonyl (C=O) groups excluding carboxylic acids is 3. The third-order valence-electron chi connectivity index (χ3n) is 10.0. The summed E-state index contributed by atoms with van der Waals surface area (Å²) in [7, 11) is 0. The van der Waals surface area contributed by atoms with Gasteiger partial charge in [0.15, 0.2) is 6.10 Å². The zero-order valence-corrected chi connectivity index (χ0v) is 37.3. The summed E-state index contributed by atoms with van der Waals surface area (Å²) in [6, 6.07) is 0. The second-order valence-electron chi connectivity index (χ2n) is 15.7. The maximum absolute atomic E-state index is 12.7. The van der Waals surface area contributed by atoms with E-state index in [1.165, 1.54) is 83.5 Å². The van der Waals surface area contributed by atoms with Gasteiger partial charge in [0.1, 0.15) is 13.2 Å².